The molecule has 0 aromatic carbocycles. The number of rotatable bonds is 3. The number of hydrogen-bond acceptors (Lipinski definition) is 5. The molecule has 8 nitrogen and oxygen atoms in total. The number of carbonyl (C=O) groups is 1. The number of halogens is 1. The molecule has 1 aliphatic rings. The van der Waals surface area contributed by atoms with Crippen molar-refractivity contribution >= 4 is 27.7 Å². The lowest BCUT2D eigenvalue weighted by atomic mass is 10.3. The predicted molar refractivity (Wildman–Crippen MR) is 77.1 cm³/mol. The van der Waals surface area contributed by atoms with Crippen LogP contribution in [0.1, 0.15) is 10.5 Å². The first-order valence-corrected chi connectivity index (χ1v) is 8.06. The SMILES string of the molecule is CN(C)S(=O)(=O)N1CCN(C(=O)c2ccc(Cl)nn2)CC1. The lowest BCUT2D eigenvalue weighted by Gasteiger charge is -2.34. The number of piperazine rings is 1. The number of nitrogens with zero attached hydrogens (tertiary/aromatic N) is 5. The maximum Gasteiger partial charge on any atom is 0.281 e. The molecule has 1 saturated heterocycles. The normalized spacial score (nSPS) is 17.2. The number of hydrogen-bond donors (Lipinski definition) is 0. The van der Waals surface area contributed by atoms with Crippen molar-refractivity contribution in [2.24, 2.45) is 0 Å². The van der Waals surface area contributed by atoms with Gasteiger partial charge in [-0.15, -0.1) is 10.2 Å². The third kappa shape index (κ3) is 3.49. The Balaban J connectivity index is 2.01. The lowest BCUT2D eigenvalue weighted by Crippen LogP contribution is -2.53. The van der Waals surface area contributed by atoms with Gasteiger partial charge in [-0.2, -0.15) is 17.0 Å². The molecule has 116 valence electrons. The fourth-order valence-corrected chi connectivity index (χ4v) is 3.13. The predicted octanol–water partition coefficient (Wildman–Crippen LogP) is -0.306. The minimum absolute atomic E-state index is 0.198. The van der Waals surface area contributed by atoms with E-state index in [2.05, 4.69) is 10.2 Å². The van der Waals surface area contributed by atoms with Gasteiger partial charge < -0.3 is 4.90 Å². The van der Waals surface area contributed by atoms with E-state index in [0.717, 1.165) is 4.31 Å². The summed E-state index contributed by atoms with van der Waals surface area (Å²) in [5.41, 5.74) is 0.198. The van der Waals surface area contributed by atoms with Crippen LogP contribution in [0.25, 0.3) is 0 Å². The van der Waals surface area contributed by atoms with E-state index in [0.29, 0.717) is 13.1 Å². The topological polar surface area (TPSA) is 86.7 Å². The highest BCUT2D eigenvalue weighted by atomic mass is 35.5. The van der Waals surface area contributed by atoms with Gasteiger partial charge >= 0.3 is 0 Å². The Kier molecular flexibility index (Phi) is 4.77. The third-order valence-electron chi connectivity index (χ3n) is 3.16. The van der Waals surface area contributed by atoms with Crippen molar-refractivity contribution in [2.45, 2.75) is 0 Å². The molecule has 0 atom stereocenters. The summed E-state index contributed by atoms with van der Waals surface area (Å²) in [7, 11) is -0.471. The molecule has 0 unspecified atom stereocenters. The van der Waals surface area contributed by atoms with Crippen molar-refractivity contribution < 1.29 is 13.2 Å². The van der Waals surface area contributed by atoms with E-state index in [1.54, 1.807) is 4.90 Å². The minimum atomic E-state index is -3.44. The number of aromatic nitrogens is 2. The van der Waals surface area contributed by atoms with Gasteiger partial charge in [-0.25, -0.2) is 0 Å². The molecule has 0 saturated carbocycles. The van der Waals surface area contributed by atoms with E-state index in [1.165, 1.54) is 30.5 Å². The summed E-state index contributed by atoms with van der Waals surface area (Å²) < 4.78 is 26.5. The molecule has 0 N–H and O–H groups in total. The van der Waals surface area contributed by atoms with E-state index in [1.807, 2.05) is 0 Å². The van der Waals surface area contributed by atoms with E-state index in [9.17, 15) is 13.2 Å². The van der Waals surface area contributed by atoms with Crippen LogP contribution < -0.4 is 0 Å². The Hall–Kier alpha value is -1.29. The van der Waals surface area contributed by atoms with Gasteiger partial charge in [0, 0.05) is 40.3 Å². The quantitative estimate of drug-likeness (QED) is 0.757. The zero-order valence-corrected chi connectivity index (χ0v) is 13.3. The highest BCUT2D eigenvalue weighted by Gasteiger charge is 2.30. The summed E-state index contributed by atoms with van der Waals surface area (Å²) >= 11 is 5.62. The van der Waals surface area contributed by atoms with Crippen LogP contribution in [0.4, 0.5) is 0 Å². The fraction of sp³-hybridized carbons (Fsp3) is 0.545. The zero-order valence-electron chi connectivity index (χ0n) is 11.7. The van der Waals surface area contributed by atoms with Crippen LogP contribution in [0.5, 0.6) is 0 Å². The second-order valence-electron chi connectivity index (χ2n) is 4.72. The summed E-state index contributed by atoms with van der Waals surface area (Å²) in [6.45, 7) is 1.15. The maximum absolute atomic E-state index is 12.2. The van der Waals surface area contributed by atoms with Gasteiger partial charge in [0.25, 0.3) is 16.1 Å². The van der Waals surface area contributed by atoms with E-state index >= 15 is 0 Å². The van der Waals surface area contributed by atoms with Crippen LogP contribution in [-0.2, 0) is 10.2 Å². The number of carbonyl (C=O) groups excluding carboxylic acids is 1. The largest absolute Gasteiger partial charge is 0.335 e. The summed E-state index contributed by atoms with van der Waals surface area (Å²) in [6, 6.07) is 3.00. The van der Waals surface area contributed by atoms with E-state index in [-0.39, 0.29) is 29.8 Å². The van der Waals surface area contributed by atoms with Gasteiger partial charge in [0.05, 0.1) is 0 Å². The second-order valence-corrected chi connectivity index (χ2v) is 7.25. The first-order chi connectivity index (χ1) is 9.82. The molecule has 0 bridgehead atoms. The monoisotopic (exact) mass is 333 g/mol. The molecule has 1 fully saturated rings. The smallest absolute Gasteiger partial charge is 0.281 e. The first kappa shape index (κ1) is 16.1. The van der Waals surface area contributed by atoms with E-state index in [4.69, 9.17) is 11.6 Å². The van der Waals surface area contributed by atoms with Gasteiger partial charge in [-0.05, 0) is 12.1 Å². The second kappa shape index (κ2) is 6.22. The summed E-state index contributed by atoms with van der Waals surface area (Å²) in [4.78, 5) is 13.8. The molecule has 1 aliphatic heterocycles. The van der Waals surface area contributed by atoms with Crippen molar-refractivity contribution in [2.75, 3.05) is 40.3 Å². The van der Waals surface area contributed by atoms with Crippen molar-refractivity contribution in [3.05, 3.63) is 23.0 Å². The highest BCUT2D eigenvalue weighted by Crippen LogP contribution is 2.12. The van der Waals surface area contributed by atoms with Crippen LogP contribution >= 0.6 is 11.6 Å². The molecule has 1 amide bonds. The molecular formula is C11H16ClN5O3S. The maximum atomic E-state index is 12.2. The molecule has 0 spiro atoms. The van der Waals surface area contributed by atoms with Gasteiger partial charge in [0.2, 0.25) is 0 Å². The Morgan fingerprint density at radius 3 is 2.29 bits per heavy atom. The van der Waals surface area contributed by atoms with Gasteiger partial charge in [-0.1, -0.05) is 11.6 Å². The Morgan fingerprint density at radius 2 is 1.81 bits per heavy atom. The summed E-state index contributed by atoms with van der Waals surface area (Å²) in [6.07, 6.45) is 0. The first-order valence-electron chi connectivity index (χ1n) is 6.28. The molecule has 1 aromatic rings. The lowest BCUT2D eigenvalue weighted by molar-refractivity contribution is 0.0688. The standard InChI is InChI=1S/C11H16ClN5O3S/c1-15(2)21(19,20)17-7-5-16(6-8-17)11(18)9-3-4-10(12)14-13-9/h3-4H,5-8H2,1-2H3. The molecule has 1 aromatic heterocycles. The van der Waals surface area contributed by atoms with Crippen LogP contribution in [0, 0.1) is 0 Å². The van der Waals surface area contributed by atoms with Gasteiger partial charge in [-0.3, -0.25) is 4.79 Å². The number of amides is 1. The molecule has 10 heteroatoms. The molecule has 0 radical (unpaired) electrons. The average molecular weight is 334 g/mol. The molecule has 2 heterocycles. The van der Waals surface area contributed by atoms with Gasteiger partial charge in [0.1, 0.15) is 0 Å². The molecule has 2 rings (SSSR count). The Labute approximate surface area is 128 Å². The van der Waals surface area contributed by atoms with Crippen LogP contribution in [0.3, 0.4) is 0 Å². The molecule has 0 aliphatic carbocycles. The third-order valence-corrected chi connectivity index (χ3v) is 5.31. The van der Waals surface area contributed by atoms with Crippen molar-refractivity contribution in [3.63, 3.8) is 0 Å². The average Bonchev–Trinajstić information content (AvgIpc) is 2.47. The van der Waals surface area contributed by atoms with Gasteiger partial charge in [0.15, 0.2) is 10.8 Å². The zero-order chi connectivity index (χ0) is 15.6. The van der Waals surface area contributed by atoms with Crippen molar-refractivity contribution in [1.29, 1.82) is 0 Å². The van der Waals surface area contributed by atoms with Crippen LogP contribution in [0.15, 0.2) is 12.1 Å². The Morgan fingerprint density at radius 1 is 1.19 bits per heavy atom. The van der Waals surface area contributed by atoms with E-state index < -0.39 is 10.2 Å². The van der Waals surface area contributed by atoms with Crippen LogP contribution in [0.2, 0.25) is 5.15 Å². The highest BCUT2D eigenvalue weighted by molar-refractivity contribution is 7.86. The summed E-state index contributed by atoms with van der Waals surface area (Å²) in [5, 5.41) is 7.58. The molecule has 21 heavy (non-hydrogen) atoms. The summed E-state index contributed by atoms with van der Waals surface area (Å²) in [5.74, 6) is -0.277. The fourth-order valence-electron chi connectivity index (χ4n) is 1.94. The van der Waals surface area contributed by atoms with Crippen LogP contribution in [-0.4, -0.2) is 78.3 Å². The van der Waals surface area contributed by atoms with Crippen molar-refractivity contribution in [3.8, 4) is 0 Å². The Bertz CT molecular complexity index is 611. The van der Waals surface area contributed by atoms with Crippen molar-refractivity contribution in [1.82, 2.24) is 23.7 Å². The minimum Gasteiger partial charge on any atom is -0.335 e. The molecular weight excluding hydrogens is 318 g/mol.